The number of unbranched alkanes of at least 4 members (excludes halogenated alkanes) is 1. The Labute approximate surface area is 93.4 Å². The molecule has 88 valence electrons. The quantitative estimate of drug-likeness (QED) is 0.381. The van der Waals surface area contributed by atoms with E-state index in [-0.39, 0.29) is 0 Å². The lowest BCUT2D eigenvalue weighted by Crippen LogP contribution is -2.22. The summed E-state index contributed by atoms with van der Waals surface area (Å²) in [5.41, 5.74) is 0.812. The van der Waals surface area contributed by atoms with E-state index in [1.165, 1.54) is 5.57 Å². The zero-order chi connectivity index (χ0) is 11.7. The van der Waals surface area contributed by atoms with E-state index in [0.29, 0.717) is 6.42 Å². The summed E-state index contributed by atoms with van der Waals surface area (Å²) in [6, 6.07) is 0. The van der Waals surface area contributed by atoms with Gasteiger partial charge in [-0.3, -0.25) is 0 Å². The third-order valence-electron chi connectivity index (χ3n) is 2.83. The number of carbonyl (C=O) groups is 1. The fourth-order valence-electron chi connectivity index (χ4n) is 1.42. The maximum Gasteiger partial charge on any atom is 0.120 e. The molecule has 0 spiro atoms. The predicted octanol–water partition coefficient (Wildman–Crippen LogP) is 3.24. The molecule has 0 aliphatic carbocycles. The summed E-state index contributed by atoms with van der Waals surface area (Å²) in [7, 11) is 0. The van der Waals surface area contributed by atoms with Gasteiger partial charge < -0.3 is 9.90 Å². The van der Waals surface area contributed by atoms with Gasteiger partial charge in [0.05, 0.1) is 5.60 Å². The van der Waals surface area contributed by atoms with Crippen LogP contribution in [0.15, 0.2) is 11.6 Å². The average molecular weight is 212 g/mol. The highest BCUT2D eigenvalue weighted by Crippen LogP contribution is 2.19. The second kappa shape index (κ2) is 7.63. The van der Waals surface area contributed by atoms with Gasteiger partial charge in [0.15, 0.2) is 0 Å². The van der Waals surface area contributed by atoms with Crippen molar-refractivity contribution < 1.29 is 9.90 Å². The summed E-state index contributed by atoms with van der Waals surface area (Å²) in [6.45, 7) is 5.98. The lowest BCUT2D eigenvalue weighted by atomic mass is 9.95. The fraction of sp³-hybridized carbons (Fsp3) is 0.769. The second-order valence-electron chi connectivity index (χ2n) is 4.50. The lowest BCUT2D eigenvalue weighted by Gasteiger charge is -2.20. The smallest absolute Gasteiger partial charge is 0.120 e. The second-order valence-corrected chi connectivity index (χ2v) is 4.50. The molecule has 15 heavy (non-hydrogen) atoms. The number of aliphatic hydroxyl groups is 1. The maximum absolute atomic E-state index is 10.1. The third kappa shape index (κ3) is 8.37. The largest absolute Gasteiger partial charge is 0.390 e. The molecule has 0 aromatic carbocycles. The molecule has 0 heterocycles. The molecule has 0 amide bonds. The summed E-state index contributed by atoms with van der Waals surface area (Å²) < 4.78 is 0. The Kier molecular flexibility index (Phi) is 7.31. The van der Waals surface area contributed by atoms with Gasteiger partial charge in [0.1, 0.15) is 6.29 Å². The first-order chi connectivity index (χ1) is 7.02. The maximum atomic E-state index is 10.1. The topological polar surface area (TPSA) is 37.3 Å². The number of aldehydes is 1. The SMILES string of the molecule is CCC(C)(O)CCC/C(C)=C/CCC=O. The molecule has 0 fully saturated rings. The molecule has 0 saturated carbocycles. The zero-order valence-electron chi connectivity index (χ0n) is 10.3. The number of hydrogen-bond donors (Lipinski definition) is 1. The summed E-state index contributed by atoms with van der Waals surface area (Å²) in [6.07, 6.45) is 8.23. The van der Waals surface area contributed by atoms with Gasteiger partial charge in [0.25, 0.3) is 0 Å². The van der Waals surface area contributed by atoms with Crippen LogP contribution in [0.2, 0.25) is 0 Å². The number of carbonyl (C=O) groups excluding carboxylic acids is 1. The van der Waals surface area contributed by atoms with Crippen LogP contribution in [0, 0.1) is 0 Å². The molecular weight excluding hydrogens is 188 g/mol. The molecule has 2 nitrogen and oxygen atoms in total. The lowest BCUT2D eigenvalue weighted by molar-refractivity contribution is -0.107. The monoisotopic (exact) mass is 212 g/mol. The molecule has 0 radical (unpaired) electrons. The normalized spacial score (nSPS) is 16.1. The third-order valence-corrected chi connectivity index (χ3v) is 2.83. The van der Waals surface area contributed by atoms with Crippen molar-refractivity contribution >= 4 is 6.29 Å². The van der Waals surface area contributed by atoms with Gasteiger partial charge >= 0.3 is 0 Å². The highest BCUT2D eigenvalue weighted by atomic mass is 16.3. The van der Waals surface area contributed by atoms with E-state index >= 15 is 0 Å². The minimum absolute atomic E-state index is 0.511. The highest BCUT2D eigenvalue weighted by molar-refractivity contribution is 5.49. The first-order valence-corrected chi connectivity index (χ1v) is 5.83. The zero-order valence-corrected chi connectivity index (χ0v) is 10.3. The van der Waals surface area contributed by atoms with E-state index in [2.05, 4.69) is 13.0 Å². The van der Waals surface area contributed by atoms with Gasteiger partial charge in [0.2, 0.25) is 0 Å². The van der Waals surface area contributed by atoms with Crippen molar-refractivity contribution in [2.24, 2.45) is 0 Å². The molecule has 1 N–H and O–H groups in total. The van der Waals surface area contributed by atoms with Crippen LogP contribution >= 0.6 is 0 Å². The van der Waals surface area contributed by atoms with Crippen molar-refractivity contribution in [2.45, 2.75) is 64.9 Å². The molecule has 0 bridgehead atoms. The van der Waals surface area contributed by atoms with Crippen LogP contribution in [0.4, 0.5) is 0 Å². The number of rotatable bonds is 8. The molecular formula is C13H24O2. The van der Waals surface area contributed by atoms with Gasteiger partial charge in [-0.25, -0.2) is 0 Å². The van der Waals surface area contributed by atoms with E-state index in [9.17, 15) is 9.90 Å². The minimum Gasteiger partial charge on any atom is -0.390 e. The van der Waals surface area contributed by atoms with E-state index in [0.717, 1.165) is 38.4 Å². The fourth-order valence-corrected chi connectivity index (χ4v) is 1.42. The summed E-state index contributed by atoms with van der Waals surface area (Å²) >= 11 is 0. The molecule has 0 aliphatic heterocycles. The Morgan fingerprint density at radius 3 is 2.60 bits per heavy atom. The first-order valence-electron chi connectivity index (χ1n) is 5.83. The van der Waals surface area contributed by atoms with Crippen molar-refractivity contribution in [1.82, 2.24) is 0 Å². The average Bonchev–Trinajstić information content (AvgIpc) is 2.18. The molecule has 0 aliphatic rings. The van der Waals surface area contributed by atoms with Crippen LogP contribution in [0.1, 0.15) is 59.3 Å². The Morgan fingerprint density at radius 1 is 1.40 bits per heavy atom. The van der Waals surface area contributed by atoms with Gasteiger partial charge in [-0.05, 0) is 46.0 Å². The summed E-state index contributed by atoms with van der Waals surface area (Å²) in [4.78, 5) is 10.1. The van der Waals surface area contributed by atoms with E-state index in [1.54, 1.807) is 0 Å². The van der Waals surface area contributed by atoms with Crippen LogP contribution in [-0.4, -0.2) is 17.0 Å². The van der Waals surface area contributed by atoms with Crippen LogP contribution in [0.5, 0.6) is 0 Å². The van der Waals surface area contributed by atoms with Gasteiger partial charge in [0, 0.05) is 6.42 Å². The Hall–Kier alpha value is -0.630. The van der Waals surface area contributed by atoms with Crippen molar-refractivity contribution in [2.75, 3.05) is 0 Å². The van der Waals surface area contributed by atoms with Gasteiger partial charge in [-0.2, -0.15) is 0 Å². The molecule has 0 rings (SSSR count). The molecule has 0 aromatic heterocycles. The molecule has 1 unspecified atom stereocenters. The highest BCUT2D eigenvalue weighted by Gasteiger charge is 2.16. The van der Waals surface area contributed by atoms with Crippen molar-refractivity contribution in [3.63, 3.8) is 0 Å². The molecule has 2 heteroatoms. The Bertz CT molecular complexity index is 205. The Balaban J connectivity index is 3.66. The minimum atomic E-state index is -0.511. The van der Waals surface area contributed by atoms with Crippen LogP contribution < -0.4 is 0 Å². The van der Waals surface area contributed by atoms with E-state index < -0.39 is 5.60 Å². The van der Waals surface area contributed by atoms with Gasteiger partial charge in [-0.1, -0.05) is 18.6 Å². The molecule has 1 atom stereocenters. The molecule has 0 saturated heterocycles. The van der Waals surface area contributed by atoms with Crippen LogP contribution in [0.25, 0.3) is 0 Å². The number of hydrogen-bond acceptors (Lipinski definition) is 2. The number of allylic oxidation sites excluding steroid dienone is 2. The summed E-state index contributed by atoms with van der Waals surface area (Å²) in [5.74, 6) is 0. The van der Waals surface area contributed by atoms with Crippen LogP contribution in [-0.2, 0) is 4.79 Å². The van der Waals surface area contributed by atoms with Crippen LogP contribution in [0.3, 0.4) is 0 Å². The standard InChI is InChI=1S/C13H24O2/c1-4-13(3,15)10-7-9-12(2)8-5-6-11-14/h8,11,15H,4-7,9-10H2,1-3H3/b12-8+. The molecule has 0 aromatic rings. The van der Waals surface area contributed by atoms with E-state index in [1.807, 2.05) is 13.8 Å². The van der Waals surface area contributed by atoms with Crippen molar-refractivity contribution in [3.8, 4) is 0 Å². The van der Waals surface area contributed by atoms with Crippen molar-refractivity contribution in [1.29, 1.82) is 0 Å². The first kappa shape index (κ1) is 14.4. The summed E-state index contributed by atoms with van der Waals surface area (Å²) in [5, 5.41) is 9.78. The van der Waals surface area contributed by atoms with Crippen molar-refractivity contribution in [3.05, 3.63) is 11.6 Å². The van der Waals surface area contributed by atoms with E-state index in [4.69, 9.17) is 0 Å². The predicted molar refractivity (Wildman–Crippen MR) is 63.8 cm³/mol. The van der Waals surface area contributed by atoms with Gasteiger partial charge in [-0.15, -0.1) is 0 Å². The Morgan fingerprint density at radius 2 is 2.07 bits per heavy atom.